The molecule has 15 nitrogen and oxygen atoms in total. The Morgan fingerprint density at radius 1 is 0.293 bits per heavy atom. The number of hydrogen-bond acceptors (Lipinski definition) is 30. The molecule has 0 heterocycles. The molecule has 6 atom stereocenters. The van der Waals surface area contributed by atoms with Crippen LogP contribution < -0.4 is 0 Å². The molecule has 1 rings (SSSR count). The van der Waals surface area contributed by atoms with E-state index in [1.54, 1.807) is 9.83 Å². The zero-order valence-corrected chi connectivity index (χ0v) is 79.9. The smallest absolute Gasteiger partial charge is 0.374 e. The van der Waals surface area contributed by atoms with Gasteiger partial charge in [-0.1, -0.05) is 44.9 Å². The minimum atomic E-state index is -3.56. The maximum absolute atomic E-state index is 6.92. The second kappa shape index (κ2) is 50.2. The fourth-order valence-corrected chi connectivity index (χ4v) is 97.3. The van der Waals surface area contributed by atoms with Crippen molar-refractivity contribution in [3.8, 4) is 0 Å². The lowest BCUT2D eigenvalue weighted by molar-refractivity contribution is 0.0719. The summed E-state index contributed by atoms with van der Waals surface area (Å²) in [6.07, 6.45) is 7.98. The van der Waals surface area contributed by atoms with Crippen molar-refractivity contribution in [3.05, 3.63) is 0 Å². The van der Waals surface area contributed by atoms with Gasteiger partial charge in [-0.05, 0) is 172 Å². The molecule has 0 aromatic rings. The first-order chi connectivity index (χ1) is 43.8. The van der Waals surface area contributed by atoms with Gasteiger partial charge >= 0.3 is 44.0 Å². The molecular formula is C52H124O15S20Si5. The quantitative estimate of drug-likeness (QED) is 0.0160. The van der Waals surface area contributed by atoms with Crippen molar-refractivity contribution in [2.75, 3.05) is 128 Å². The Morgan fingerprint density at radius 3 is 0.717 bits per heavy atom. The van der Waals surface area contributed by atoms with Gasteiger partial charge in [0, 0.05) is 158 Å². The zero-order valence-electron chi connectivity index (χ0n) is 57.8. The molecule has 1 saturated carbocycles. The maximum atomic E-state index is 6.92. The van der Waals surface area contributed by atoms with Crippen molar-refractivity contribution < 1.29 is 66.4 Å². The first-order valence-electron chi connectivity index (χ1n) is 32.7. The van der Waals surface area contributed by atoms with Gasteiger partial charge in [0.15, 0.2) is 0 Å². The van der Waals surface area contributed by atoms with Crippen LogP contribution in [-0.4, -0.2) is 185 Å². The van der Waals surface area contributed by atoms with Gasteiger partial charge in [-0.2, -0.15) is 0 Å². The van der Waals surface area contributed by atoms with Gasteiger partial charge in [-0.15, -0.1) is 157 Å². The summed E-state index contributed by atoms with van der Waals surface area (Å²) < 4.78 is 101. The summed E-state index contributed by atoms with van der Waals surface area (Å²) in [6.45, 7) is 35.9. The summed E-state index contributed by atoms with van der Waals surface area (Å²) in [6, 6.07) is 2.07. The van der Waals surface area contributed by atoms with Crippen LogP contribution in [0.1, 0.15) is 162 Å². The van der Waals surface area contributed by atoms with Gasteiger partial charge < -0.3 is 66.4 Å². The molecule has 0 radical (unpaired) electrons. The summed E-state index contributed by atoms with van der Waals surface area (Å²) in [5, 5.41) is -0.430. The topological polar surface area (TPSA) is 138 Å². The molecule has 0 bridgehead atoms. The van der Waals surface area contributed by atoms with Gasteiger partial charge in [0.2, 0.25) is 0 Å². The van der Waals surface area contributed by atoms with Crippen LogP contribution in [-0.2, 0) is 66.4 Å². The second-order valence-electron chi connectivity index (χ2n) is 20.7. The molecule has 0 aromatic heterocycles. The highest BCUT2D eigenvalue weighted by molar-refractivity contribution is 9.45. The Bertz CT molecular complexity index is 1770. The normalized spacial score (nSPS) is 23.9. The molecule has 1 aliphatic carbocycles. The SMILES string of the molecule is CCO[Si](CCS(S)(SS)C1CCCCCCCCCC(S(S)(CC[Si](OCC)(OCC)OCC)SS)(S(S)(CC[Si](OCC)(OCC)OCC)SS)C1(S(S)(CC[Si](OCC)(OCC)OCC)SS)S(S)(CC[Si](OCC)(OCC)OCC)SS)(OCC)OCC. The molecule has 0 aromatic carbocycles. The van der Waals surface area contributed by atoms with Crippen molar-refractivity contribution >= 4 is 250 Å². The third-order valence-electron chi connectivity index (χ3n) is 15.4. The second-order valence-corrected chi connectivity index (χ2v) is 78.1. The Hall–Kier alpha value is 7.48. The molecule has 92 heavy (non-hydrogen) atoms. The van der Waals surface area contributed by atoms with E-state index in [9.17, 15) is 0 Å². The van der Waals surface area contributed by atoms with Crippen LogP contribution in [0.5, 0.6) is 0 Å². The zero-order chi connectivity index (χ0) is 69.8. The highest BCUT2D eigenvalue weighted by Crippen LogP contribution is 3.07. The van der Waals surface area contributed by atoms with E-state index in [1.807, 2.05) is 104 Å². The van der Waals surface area contributed by atoms with Crippen LogP contribution in [0, 0.1) is 0 Å². The van der Waals surface area contributed by atoms with Gasteiger partial charge in [0.05, 0.1) is 4.08 Å². The first kappa shape index (κ1) is 97.5. The van der Waals surface area contributed by atoms with Crippen LogP contribution in [0.4, 0.5) is 0 Å². The van der Waals surface area contributed by atoms with Crippen LogP contribution in [0.25, 0.3) is 0 Å². The van der Waals surface area contributed by atoms with E-state index < -0.39 is 97.9 Å². The third-order valence-corrected chi connectivity index (χ3v) is 89.7. The molecule has 0 N–H and O–H groups in total. The highest BCUT2D eigenvalue weighted by Gasteiger charge is 2.80. The van der Waals surface area contributed by atoms with Crippen molar-refractivity contribution in [2.45, 2.75) is 205 Å². The highest BCUT2D eigenvalue weighted by atomic mass is 33.8. The monoisotopic (exact) mass is 1770 g/mol. The minimum Gasteiger partial charge on any atom is -0.374 e. The van der Waals surface area contributed by atoms with Gasteiger partial charge in [0.1, 0.15) is 4.08 Å². The standard InChI is InChI=1S/C52H124O15S20Si5/c1-16-53-88(54-17-2,55-18-3)45-40-83(73,78-68)50-38-36-34-32-31-33-35-37-39-51(84(74,79-69)41-46-89(56-19-4,57-20-5)58-21-6,85(75,80-70)42-47-90(59-22-7,60-23-8)61-24-9)52(50,86(76,81-71)43-48-91(62-25-10,63-26-11)64-27-12)87(77,82-72)44-49-92(65-28-13,66-29-14)67-30-15/h50,68-77H,16-49H2,1-15H3. The molecular weight excluding hydrogens is 1650 g/mol. The van der Waals surface area contributed by atoms with Crippen LogP contribution in [0.3, 0.4) is 0 Å². The van der Waals surface area contributed by atoms with E-state index >= 15 is 0 Å². The van der Waals surface area contributed by atoms with Crippen molar-refractivity contribution in [1.29, 1.82) is 0 Å². The Kier molecular flexibility index (Phi) is 53.2. The predicted molar refractivity (Wildman–Crippen MR) is 468 cm³/mol. The van der Waals surface area contributed by atoms with Crippen molar-refractivity contribution in [1.82, 2.24) is 0 Å². The molecule has 0 aliphatic heterocycles. The van der Waals surface area contributed by atoms with Crippen molar-refractivity contribution in [2.24, 2.45) is 0 Å². The average molecular weight is 1770 g/mol. The minimum absolute atomic E-state index is 0.377. The van der Waals surface area contributed by atoms with E-state index in [0.717, 1.165) is 44.9 Å². The number of hydrogen-bond donors (Lipinski definition) is 10. The Labute approximate surface area is 641 Å². The van der Waals surface area contributed by atoms with Gasteiger partial charge in [-0.25, -0.2) is 0 Å². The third kappa shape index (κ3) is 25.8. The predicted octanol–water partition coefficient (Wildman–Crippen LogP) is 21.2. The largest absolute Gasteiger partial charge is 0.501 e. The molecule has 6 unspecified atom stereocenters. The summed E-state index contributed by atoms with van der Waals surface area (Å²) in [5.74, 6) is 2.26. The van der Waals surface area contributed by atoms with Crippen LogP contribution >= 0.6 is 206 Å². The fourth-order valence-electron chi connectivity index (χ4n) is 12.3. The molecule has 0 saturated heterocycles. The maximum Gasteiger partial charge on any atom is 0.501 e. The van der Waals surface area contributed by atoms with E-state index in [1.165, 1.54) is 39.3 Å². The van der Waals surface area contributed by atoms with Crippen molar-refractivity contribution in [3.63, 3.8) is 0 Å². The number of rotatable bonds is 55. The lowest BCUT2D eigenvalue weighted by Crippen LogP contribution is -2.66. The van der Waals surface area contributed by atoms with E-state index in [-0.39, 0.29) is 0 Å². The Balaban J connectivity index is 6.14. The Morgan fingerprint density at radius 2 is 0.500 bits per heavy atom. The first-order valence-corrected chi connectivity index (χ1v) is 68.6. The molecule has 562 valence electrons. The van der Waals surface area contributed by atoms with E-state index in [2.05, 4.69) is 0 Å². The molecule has 1 fully saturated rings. The lowest BCUT2D eigenvalue weighted by Gasteiger charge is -2.79. The fraction of sp³-hybridized carbons (Fsp3) is 1.00. The van der Waals surface area contributed by atoms with Gasteiger partial charge in [0.25, 0.3) is 0 Å². The summed E-state index contributed by atoms with van der Waals surface area (Å²) in [7, 11) is -23.9. The summed E-state index contributed by atoms with van der Waals surface area (Å²) in [4.78, 5) is 0. The molecule has 40 heteroatoms. The molecule has 0 spiro atoms. The summed E-state index contributed by atoms with van der Waals surface area (Å²) in [5.41, 5.74) is 0. The van der Waals surface area contributed by atoms with Crippen LogP contribution in [0.2, 0.25) is 30.2 Å². The van der Waals surface area contributed by atoms with Gasteiger partial charge in [-0.3, -0.25) is 0 Å². The molecule has 1 aliphatic rings. The number of thiol groups is 10. The lowest BCUT2D eigenvalue weighted by atomic mass is 9.99. The average Bonchev–Trinajstić information content (AvgIpc) is 0.653. The van der Waals surface area contributed by atoms with Crippen LogP contribution in [0.15, 0.2) is 0 Å². The molecule has 0 amide bonds. The summed E-state index contributed by atoms with van der Waals surface area (Å²) >= 11 is 62.0. The van der Waals surface area contributed by atoms with E-state index in [4.69, 9.17) is 183 Å². The van der Waals surface area contributed by atoms with E-state index in [0.29, 0.717) is 171 Å².